The first-order valence-corrected chi connectivity index (χ1v) is 4.48. The summed E-state index contributed by atoms with van der Waals surface area (Å²) < 4.78 is 6.88. The molecule has 0 radical (unpaired) electrons. The summed E-state index contributed by atoms with van der Waals surface area (Å²) in [6, 6.07) is 3.50. The van der Waals surface area contributed by atoms with Gasteiger partial charge < -0.3 is 14.0 Å². The smallest absolute Gasteiger partial charge is 0.409 e. The number of imidazole rings is 1. The highest BCUT2D eigenvalue weighted by molar-refractivity contribution is 5.70. The lowest BCUT2D eigenvalue weighted by Crippen LogP contribution is -2.25. The van der Waals surface area contributed by atoms with Gasteiger partial charge in [0.15, 0.2) is 0 Å². The molecule has 1 amide bonds. The molecule has 0 atom stereocenters. The van der Waals surface area contributed by atoms with Gasteiger partial charge in [-0.2, -0.15) is 0 Å². The fourth-order valence-corrected chi connectivity index (χ4v) is 1.15. The van der Waals surface area contributed by atoms with Crippen LogP contribution in [0.2, 0.25) is 0 Å². The van der Waals surface area contributed by atoms with Crippen LogP contribution in [0, 0.1) is 0 Å². The molecule has 0 N–H and O–H groups in total. The third-order valence-electron chi connectivity index (χ3n) is 1.93. The molecule has 5 nitrogen and oxygen atoms in total. The second-order valence-corrected chi connectivity index (χ2v) is 3.32. The first-order valence-electron chi connectivity index (χ1n) is 4.48. The highest BCUT2D eigenvalue weighted by Gasteiger charge is 2.06. The molecule has 0 aliphatic carbocycles. The molecule has 0 saturated heterocycles. The summed E-state index contributed by atoms with van der Waals surface area (Å²) in [6.45, 7) is 0. The van der Waals surface area contributed by atoms with Crippen molar-refractivity contribution < 1.29 is 9.53 Å². The number of hydrogen-bond donors (Lipinski definition) is 0. The molecule has 2 aromatic rings. The van der Waals surface area contributed by atoms with Gasteiger partial charge in [-0.25, -0.2) is 9.78 Å². The monoisotopic (exact) mass is 205 g/mol. The Kier molecular flexibility index (Phi) is 2.29. The van der Waals surface area contributed by atoms with E-state index in [1.807, 2.05) is 0 Å². The van der Waals surface area contributed by atoms with E-state index in [9.17, 15) is 4.79 Å². The summed E-state index contributed by atoms with van der Waals surface area (Å²) in [5, 5.41) is 0. The minimum Gasteiger partial charge on any atom is -0.409 e. The average Bonchev–Trinajstić information content (AvgIpc) is 2.64. The van der Waals surface area contributed by atoms with Crippen molar-refractivity contribution in [1.82, 2.24) is 14.3 Å². The van der Waals surface area contributed by atoms with Crippen molar-refractivity contribution in [3.05, 3.63) is 30.7 Å². The number of fused-ring (bicyclic) bond motifs is 1. The lowest BCUT2D eigenvalue weighted by Gasteiger charge is -2.10. The molecule has 0 unspecified atom stereocenters. The molecule has 0 fully saturated rings. The molecule has 0 aliphatic heterocycles. The Labute approximate surface area is 86.9 Å². The second kappa shape index (κ2) is 3.61. The third kappa shape index (κ3) is 1.90. The van der Waals surface area contributed by atoms with Gasteiger partial charge in [-0.1, -0.05) is 0 Å². The Balaban J connectivity index is 2.25. The predicted molar refractivity (Wildman–Crippen MR) is 54.9 cm³/mol. The second-order valence-electron chi connectivity index (χ2n) is 3.32. The SMILES string of the molecule is CN(C)C(=O)Oc1ccc2nccn2c1. The van der Waals surface area contributed by atoms with Gasteiger partial charge in [0.25, 0.3) is 0 Å². The summed E-state index contributed by atoms with van der Waals surface area (Å²) in [7, 11) is 3.27. The van der Waals surface area contributed by atoms with Gasteiger partial charge in [0.05, 0.1) is 6.20 Å². The van der Waals surface area contributed by atoms with Crippen LogP contribution in [-0.4, -0.2) is 34.5 Å². The predicted octanol–water partition coefficient (Wildman–Crippen LogP) is 1.39. The highest BCUT2D eigenvalue weighted by Crippen LogP contribution is 2.12. The summed E-state index contributed by atoms with van der Waals surface area (Å²) in [5.74, 6) is 0.499. The van der Waals surface area contributed by atoms with E-state index >= 15 is 0 Å². The van der Waals surface area contributed by atoms with Crippen LogP contribution in [0.4, 0.5) is 4.79 Å². The molecular formula is C10H11N3O2. The number of nitrogens with zero attached hydrogens (tertiary/aromatic N) is 3. The van der Waals surface area contributed by atoms with Crippen LogP contribution in [0.15, 0.2) is 30.7 Å². The quantitative estimate of drug-likeness (QED) is 0.706. The van der Waals surface area contributed by atoms with E-state index in [1.54, 1.807) is 49.2 Å². The van der Waals surface area contributed by atoms with Crippen molar-refractivity contribution in [2.75, 3.05) is 14.1 Å². The van der Waals surface area contributed by atoms with E-state index < -0.39 is 6.09 Å². The van der Waals surface area contributed by atoms with Crippen LogP contribution in [0.25, 0.3) is 5.65 Å². The fraction of sp³-hybridized carbons (Fsp3) is 0.200. The van der Waals surface area contributed by atoms with Crippen LogP contribution in [-0.2, 0) is 0 Å². The normalized spacial score (nSPS) is 10.3. The molecule has 0 aliphatic rings. The summed E-state index contributed by atoms with van der Waals surface area (Å²) in [6.07, 6.45) is 4.80. The Bertz CT molecular complexity index is 490. The number of amides is 1. The molecule has 0 saturated carbocycles. The Morgan fingerprint density at radius 3 is 3.00 bits per heavy atom. The number of rotatable bonds is 1. The van der Waals surface area contributed by atoms with Crippen molar-refractivity contribution in [3.8, 4) is 5.75 Å². The summed E-state index contributed by atoms with van der Waals surface area (Å²) in [5.41, 5.74) is 0.819. The minimum atomic E-state index is -0.394. The molecule has 15 heavy (non-hydrogen) atoms. The third-order valence-corrected chi connectivity index (χ3v) is 1.93. The van der Waals surface area contributed by atoms with Gasteiger partial charge in [-0.05, 0) is 12.1 Å². The number of aromatic nitrogens is 2. The lowest BCUT2D eigenvalue weighted by atomic mass is 10.4. The van der Waals surface area contributed by atoms with Crippen molar-refractivity contribution >= 4 is 11.7 Å². The fourth-order valence-electron chi connectivity index (χ4n) is 1.15. The number of carbonyl (C=O) groups is 1. The Hall–Kier alpha value is -2.04. The molecular weight excluding hydrogens is 194 g/mol. The van der Waals surface area contributed by atoms with Crippen LogP contribution in [0.3, 0.4) is 0 Å². The average molecular weight is 205 g/mol. The molecule has 0 aromatic carbocycles. The zero-order valence-electron chi connectivity index (χ0n) is 8.54. The van der Waals surface area contributed by atoms with E-state index in [4.69, 9.17) is 4.74 Å². The van der Waals surface area contributed by atoms with E-state index in [-0.39, 0.29) is 0 Å². The van der Waals surface area contributed by atoms with Gasteiger partial charge in [0, 0.05) is 26.5 Å². The molecule has 2 aromatic heterocycles. The number of hydrogen-bond acceptors (Lipinski definition) is 3. The maximum atomic E-state index is 11.3. The van der Waals surface area contributed by atoms with E-state index in [0.29, 0.717) is 5.75 Å². The van der Waals surface area contributed by atoms with Gasteiger partial charge in [0.1, 0.15) is 11.4 Å². The Morgan fingerprint density at radius 2 is 2.27 bits per heavy atom. The standard InChI is InChI=1S/C10H11N3O2/c1-12(2)10(14)15-8-3-4-9-11-5-6-13(9)7-8/h3-7H,1-2H3. The van der Waals surface area contributed by atoms with Crippen molar-refractivity contribution in [2.24, 2.45) is 0 Å². The highest BCUT2D eigenvalue weighted by atomic mass is 16.6. The first-order chi connectivity index (χ1) is 7.16. The maximum Gasteiger partial charge on any atom is 0.414 e. The van der Waals surface area contributed by atoms with Crippen LogP contribution < -0.4 is 4.74 Å². The van der Waals surface area contributed by atoms with E-state index in [2.05, 4.69) is 4.98 Å². The molecule has 0 bridgehead atoms. The number of ether oxygens (including phenoxy) is 1. The molecule has 2 heterocycles. The van der Waals surface area contributed by atoms with Gasteiger partial charge in [-0.15, -0.1) is 0 Å². The zero-order valence-corrected chi connectivity index (χ0v) is 8.54. The van der Waals surface area contributed by atoms with Crippen molar-refractivity contribution in [3.63, 3.8) is 0 Å². The topological polar surface area (TPSA) is 46.8 Å². The molecule has 5 heteroatoms. The Morgan fingerprint density at radius 1 is 1.47 bits per heavy atom. The van der Waals surface area contributed by atoms with Crippen LogP contribution >= 0.6 is 0 Å². The lowest BCUT2D eigenvalue weighted by molar-refractivity contribution is 0.171. The van der Waals surface area contributed by atoms with E-state index in [0.717, 1.165) is 5.65 Å². The molecule has 2 rings (SSSR count). The largest absolute Gasteiger partial charge is 0.414 e. The summed E-state index contributed by atoms with van der Waals surface area (Å²) in [4.78, 5) is 16.7. The van der Waals surface area contributed by atoms with Gasteiger partial charge in [0.2, 0.25) is 0 Å². The molecule has 0 spiro atoms. The van der Waals surface area contributed by atoms with E-state index in [1.165, 1.54) is 4.90 Å². The van der Waals surface area contributed by atoms with Gasteiger partial charge >= 0.3 is 6.09 Å². The minimum absolute atomic E-state index is 0.394. The van der Waals surface area contributed by atoms with Crippen LogP contribution in [0.5, 0.6) is 5.75 Å². The summed E-state index contributed by atoms with van der Waals surface area (Å²) >= 11 is 0. The maximum absolute atomic E-state index is 11.3. The van der Waals surface area contributed by atoms with Crippen molar-refractivity contribution in [1.29, 1.82) is 0 Å². The number of carbonyl (C=O) groups excluding carboxylic acids is 1. The zero-order chi connectivity index (χ0) is 10.8. The van der Waals surface area contributed by atoms with Crippen molar-refractivity contribution in [2.45, 2.75) is 0 Å². The van der Waals surface area contributed by atoms with Crippen LogP contribution in [0.1, 0.15) is 0 Å². The number of pyridine rings is 1. The van der Waals surface area contributed by atoms with Gasteiger partial charge in [-0.3, -0.25) is 0 Å². The first kappa shape index (κ1) is 9.51. The molecule has 78 valence electrons.